The lowest BCUT2D eigenvalue weighted by atomic mass is 10.3. The van der Waals surface area contributed by atoms with Gasteiger partial charge in [-0.05, 0) is 41.1 Å². The smallest absolute Gasteiger partial charge is 0.242 e. The van der Waals surface area contributed by atoms with Gasteiger partial charge in [0.15, 0.2) is 5.82 Å². The Kier molecular flexibility index (Phi) is 4.16. The summed E-state index contributed by atoms with van der Waals surface area (Å²) >= 11 is 3.11. The van der Waals surface area contributed by atoms with Gasteiger partial charge in [-0.3, -0.25) is 0 Å². The van der Waals surface area contributed by atoms with E-state index in [0.29, 0.717) is 34.2 Å². The van der Waals surface area contributed by atoms with Crippen LogP contribution in [0.3, 0.4) is 0 Å². The van der Waals surface area contributed by atoms with Crippen LogP contribution in [0.5, 0.6) is 5.88 Å². The number of aromatic nitrogens is 2. The van der Waals surface area contributed by atoms with Crippen LogP contribution in [0.4, 0.5) is 21.6 Å². The molecule has 0 fully saturated rings. The molecular formula is C12H12BrFN4O. The number of nitrogens with zero attached hydrogens (tertiary/aromatic N) is 2. The monoisotopic (exact) mass is 326 g/mol. The minimum absolute atomic E-state index is 0.310. The van der Waals surface area contributed by atoms with Crippen molar-refractivity contribution < 1.29 is 9.13 Å². The summed E-state index contributed by atoms with van der Waals surface area (Å²) < 4.78 is 18.8. The van der Waals surface area contributed by atoms with Crippen molar-refractivity contribution in [2.75, 3.05) is 17.7 Å². The Balaban J connectivity index is 2.27. The topological polar surface area (TPSA) is 73.1 Å². The summed E-state index contributed by atoms with van der Waals surface area (Å²) in [5.41, 5.74) is 6.85. The first-order valence-corrected chi connectivity index (χ1v) is 6.36. The molecule has 1 heterocycles. The second-order valence-corrected chi connectivity index (χ2v) is 4.48. The third kappa shape index (κ3) is 3.11. The van der Waals surface area contributed by atoms with E-state index < -0.39 is 0 Å². The molecule has 1 aromatic heterocycles. The molecule has 0 aliphatic rings. The van der Waals surface area contributed by atoms with Gasteiger partial charge in [0.1, 0.15) is 17.8 Å². The van der Waals surface area contributed by atoms with E-state index >= 15 is 0 Å². The molecule has 0 saturated carbocycles. The Hall–Kier alpha value is -1.89. The predicted molar refractivity (Wildman–Crippen MR) is 75.0 cm³/mol. The molecule has 0 amide bonds. The summed E-state index contributed by atoms with van der Waals surface area (Å²) in [7, 11) is 0. The molecule has 0 bridgehead atoms. The zero-order valence-electron chi connectivity index (χ0n) is 10.2. The van der Waals surface area contributed by atoms with Crippen molar-refractivity contribution in [3.8, 4) is 5.88 Å². The number of nitrogens with two attached hydrogens (primary N) is 1. The summed E-state index contributed by atoms with van der Waals surface area (Å²) in [6.07, 6.45) is 1.35. The molecule has 1 aromatic carbocycles. The standard InChI is InChI=1S/C12H12BrFN4O/c1-2-19-12-10(15)11(16-6-17-12)18-7-3-4-9(14)8(13)5-7/h3-6H,2,15H2,1H3,(H,16,17,18). The van der Waals surface area contributed by atoms with Gasteiger partial charge in [-0.2, -0.15) is 4.98 Å². The van der Waals surface area contributed by atoms with E-state index in [1.165, 1.54) is 12.4 Å². The maximum absolute atomic E-state index is 13.1. The minimum atomic E-state index is -0.337. The molecule has 0 radical (unpaired) electrons. The number of hydrogen-bond donors (Lipinski definition) is 2. The average molecular weight is 327 g/mol. The second kappa shape index (κ2) is 5.83. The number of hydrogen-bond acceptors (Lipinski definition) is 5. The molecule has 0 spiro atoms. The molecule has 19 heavy (non-hydrogen) atoms. The number of rotatable bonds is 4. The largest absolute Gasteiger partial charge is 0.476 e. The van der Waals surface area contributed by atoms with Gasteiger partial charge >= 0.3 is 0 Å². The highest BCUT2D eigenvalue weighted by Crippen LogP contribution is 2.28. The average Bonchev–Trinajstić information content (AvgIpc) is 2.39. The van der Waals surface area contributed by atoms with Crippen molar-refractivity contribution in [1.82, 2.24) is 9.97 Å². The van der Waals surface area contributed by atoms with E-state index in [0.717, 1.165) is 0 Å². The molecule has 0 atom stereocenters. The minimum Gasteiger partial charge on any atom is -0.476 e. The maximum Gasteiger partial charge on any atom is 0.242 e. The van der Waals surface area contributed by atoms with E-state index in [9.17, 15) is 4.39 Å². The molecule has 0 aliphatic carbocycles. The Bertz CT molecular complexity index is 594. The van der Waals surface area contributed by atoms with Gasteiger partial charge in [0.25, 0.3) is 0 Å². The van der Waals surface area contributed by atoms with Crippen LogP contribution in [0.2, 0.25) is 0 Å². The Labute approximate surface area is 118 Å². The quantitative estimate of drug-likeness (QED) is 0.903. The van der Waals surface area contributed by atoms with E-state index in [2.05, 4.69) is 31.2 Å². The molecular weight excluding hydrogens is 315 g/mol. The summed E-state index contributed by atoms with van der Waals surface area (Å²) in [6.45, 7) is 2.30. The highest BCUT2D eigenvalue weighted by Gasteiger charge is 2.09. The van der Waals surface area contributed by atoms with Crippen LogP contribution in [0.25, 0.3) is 0 Å². The van der Waals surface area contributed by atoms with Crippen LogP contribution < -0.4 is 15.8 Å². The summed E-state index contributed by atoms with van der Waals surface area (Å²) in [5, 5.41) is 2.99. The molecule has 5 nitrogen and oxygen atoms in total. The highest BCUT2D eigenvalue weighted by atomic mass is 79.9. The molecule has 7 heteroatoms. The van der Waals surface area contributed by atoms with Crippen molar-refractivity contribution in [2.45, 2.75) is 6.92 Å². The van der Waals surface area contributed by atoms with Crippen molar-refractivity contribution >= 4 is 33.1 Å². The third-order valence-corrected chi connectivity index (χ3v) is 2.92. The van der Waals surface area contributed by atoms with Gasteiger partial charge in [-0.15, -0.1) is 0 Å². The van der Waals surface area contributed by atoms with Crippen LogP contribution in [0.15, 0.2) is 29.0 Å². The predicted octanol–water partition coefficient (Wildman–Crippen LogP) is 3.10. The van der Waals surface area contributed by atoms with Crippen molar-refractivity contribution in [2.24, 2.45) is 0 Å². The summed E-state index contributed by atoms with van der Waals surface area (Å²) in [6, 6.07) is 4.52. The van der Waals surface area contributed by atoms with Crippen molar-refractivity contribution in [3.63, 3.8) is 0 Å². The van der Waals surface area contributed by atoms with Gasteiger partial charge in [-0.1, -0.05) is 0 Å². The fraction of sp³-hybridized carbons (Fsp3) is 0.167. The molecule has 100 valence electrons. The normalized spacial score (nSPS) is 10.3. The van der Waals surface area contributed by atoms with Gasteiger partial charge in [0.05, 0.1) is 11.1 Å². The number of nitrogens with one attached hydrogen (secondary N) is 1. The van der Waals surface area contributed by atoms with Crippen LogP contribution in [-0.4, -0.2) is 16.6 Å². The maximum atomic E-state index is 13.1. The van der Waals surface area contributed by atoms with Gasteiger partial charge < -0.3 is 15.8 Å². The fourth-order valence-corrected chi connectivity index (χ4v) is 1.82. The molecule has 2 aromatic rings. The fourth-order valence-electron chi connectivity index (χ4n) is 1.44. The first-order valence-electron chi connectivity index (χ1n) is 5.57. The molecule has 0 unspecified atom stereocenters. The lowest BCUT2D eigenvalue weighted by molar-refractivity contribution is 0.328. The summed E-state index contributed by atoms with van der Waals surface area (Å²) in [4.78, 5) is 7.97. The SMILES string of the molecule is CCOc1ncnc(Nc2ccc(F)c(Br)c2)c1N. The number of nitrogen functional groups attached to an aromatic ring is 1. The van der Waals surface area contributed by atoms with Crippen LogP contribution in [-0.2, 0) is 0 Å². The molecule has 3 N–H and O–H groups in total. The van der Waals surface area contributed by atoms with E-state index in [1.807, 2.05) is 6.92 Å². The van der Waals surface area contributed by atoms with Crippen LogP contribution in [0, 0.1) is 5.82 Å². The Morgan fingerprint density at radius 3 is 2.89 bits per heavy atom. The second-order valence-electron chi connectivity index (χ2n) is 3.63. The van der Waals surface area contributed by atoms with Crippen molar-refractivity contribution in [1.29, 1.82) is 0 Å². The summed E-state index contributed by atoms with van der Waals surface area (Å²) in [5.74, 6) is 0.398. The molecule has 0 aliphatic heterocycles. The number of benzene rings is 1. The lowest BCUT2D eigenvalue weighted by Gasteiger charge is -2.11. The van der Waals surface area contributed by atoms with Crippen LogP contribution in [0.1, 0.15) is 6.92 Å². The number of anilines is 3. The Morgan fingerprint density at radius 2 is 2.21 bits per heavy atom. The van der Waals surface area contributed by atoms with Crippen molar-refractivity contribution in [3.05, 3.63) is 34.8 Å². The highest BCUT2D eigenvalue weighted by molar-refractivity contribution is 9.10. The van der Waals surface area contributed by atoms with Gasteiger partial charge in [-0.25, -0.2) is 9.37 Å². The van der Waals surface area contributed by atoms with Gasteiger partial charge in [0, 0.05) is 5.69 Å². The first-order chi connectivity index (χ1) is 9.11. The zero-order valence-corrected chi connectivity index (χ0v) is 11.7. The van der Waals surface area contributed by atoms with Crippen LogP contribution >= 0.6 is 15.9 Å². The number of halogens is 2. The van der Waals surface area contributed by atoms with E-state index in [4.69, 9.17) is 10.5 Å². The number of ether oxygens (including phenoxy) is 1. The first kappa shape index (κ1) is 13.5. The third-order valence-electron chi connectivity index (χ3n) is 2.31. The van der Waals surface area contributed by atoms with Gasteiger partial charge in [0.2, 0.25) is 5.88 Å². The molecule has 0 saturated heterocycles. The Morgan fingerprint density at radius 1 is 1.42 bits per heavy atom. The van der Waals surface area contributed by atoms with E-state index in [-0.39, 0.29) is 5.82 Å². The van der Waals surface area contributed by atoms with E-state index in [1.54, 1.807) is 12.1 Å². The lowest BCUT2D eigenvalue weighted by Crippen LogP contribution is -2.05. The zero-order chi connectivity index (χ0) is 13.8. The molecule has 2 rings (SSSR count).